The Hall–Kier alpha value is -2.78. The van der Waals surface area contributed by atoms with Crippen molar-refractivity contribution >= 4 is 32.5 Å². The van der Waals surface area contributed by atoms with Crippen LogP contribution in [0.15, 0.2) is 52.3 Å². The highest BCUT2D eigenvalue weighted by atomic mass is 32.2. The van der Waals surface area contributed by atoms with E-state index in [2.05, 4.69) is 15.3 Å². The number of benzene rings is 1. The second kappa shape index (κ2) is 6.93. The first-order valence-corrected chi connectivity index (χ1v) is 11.2. The van der Waals surface area contributed by atoms with Gasteiger partial charge >= 0.3 is 0 Å². The zero-order valence-electron chi connectivity index (χ0n) is 16.2. The van der Waals surface area contributed by atoms with Crippen molar-refractivity contribution < 1.29 is 13.5 Å². The number of sulfone groups is 1. The molecule has 2 N–H and O–H groups in total. The summed E-state index contributed by atoms with van der Waals surface area (Å²) in [5.74, 6) is 0.279. The second-order valence-electron chi connectivity index (χ2n) is 7.70. The first-order valence-electron chi connectivity index (χ1n) is 9.33. The minimum Gasteiger partial charge on any atom is -0.388 e. The summed E-state index contributed by atoms with van der Waals surface area (Å²) in [6.07, 6.45) is 4.94. The maximum absolute atomic E-state index is 12.6. The number of nitrogens with one attached hydrogen (secondary N) is 1. The van der Waals surface area contributed by atoms with Crippen molar-refractivity contribution in [2.24, 2.45) is 0 Å². The van der Waals surface area contributed by atoms with Gasteiger partial charge in [-0.15, -0.1) is 0 Å². The number of nitrogens with zero attached hydrogens (tertiary/aromatic N) is 3. The Labute approximate surface area is 168 Å². The van der Waals surface area contributed by atoms with Gasteiger partial charge in [0.15, 0.2) is 9.84 Å². The van der Waals surface area contributed by atoms with E-state index in [0.29, 0.717) is 29.6 Å². The third-order valence-electron chi connectivity index (χ3n) is 5.40. The summed E-state index contributed by atoms with van der Waals surface area (Å²) in [5, 5.41) is 14.5. The molecule has 9 heteroatoms. The largest absolute Gasteiger partial charge is 0.388 e. The number of anilines is 2. The predicted molar refractivity (Wildman–Crippen MR) is 110 cm³/mol. The van der Waals surface area contributed by atoms with Crippen molar-refractivity contribution in [2.75, 3.05) is 11.6 Å². The average Bonchev–Trinajstić information content (AvgIpc) is 3.00. The van der Waals surface area contributed by atoms with E-state index >= 15 is 0 Å². The van der Waals surface area contributed by atoms with E-state index in [0.717, 1.165) is 12.7 Å². The van der Waals surface area contributed by atoms with Gasteiger partial charge in [-0.05, 0) is 56.5 Å². The molecule has 0 amide bonds. The predicted octanol–water partition coefficient (Wildman–Crippen LogP) is 2.41. The van der Waals surface area contributed by atoms with Crippen LogP contribution in [0.2, 0.25) is 0 Å². The molecule has 4 rings (SSSR count). The Morgan fingerprint density at radius 1 is 1.21 bits per heavy atom. The van der Waals surface area contributed by atoms with Gasteiger partial charge in [-0.2, -0.15) is 4.98 Å². The van der Waals surface area contributed by atoms with Crippen LogP contribution in [0.3, 0.4) is 0 Å². The highest BCUT2D eigenvalue weighted by molar-refractivity contribution is 7.90. The van der Waals surface area contributed by atoms with Gasteiger partial charge < -0.3 is 10.4 Å². The lowest BCUT2D eigenvalue weighted by atomic mass is 10.00. The lowest BCUT2D eigenvalue weighted by molar-refractivity contribution is 0.0267. The molecule has 1 aromatic carbocycles. The van der Waals surface area contributed by atoms with Crippen molar-refractivity contribution in [3.05, 3.63) is 52.9 Å². The quantitative estimate of drug-likeness (QED) is 0.674. The van der Waals surface area contributed by atoms with Crippen LogP contribution >= 0.6 is 0 Å². The molecule has 0 saturated heterocycles. The SMILES string of the molecule is C[C@@]1(O)CCC[C@H]1n1c(=O)ccc2cnc(Nc3ccc(S(C)(=O)=O)cc3)nc21. The zero-order chi connectivity index (χ0) is 20.8. The molecular weight excluding hydrogens is 392 g/mol. The molecule has 152 valence electrons. The smallest absolute Gasteiger partial charge is 0.252 e. The summed E-state index contributed by atoms with van der Waals surface area (Å²) in [5.41, 5.74) is -0.116. The van der Waals surface area contributed by atoms with Crippen LogP contribution in [-0.4, -0.2) is 39.9 Å². The molecule has 0 bridgehead atoms. The van der Waals surface area contributed by atoms with Gasteiger partial charge in [-0.3, -0.25) is 9.36 Å². The van der Waals surface area contributed by atoms with Crippen LogP contribution in [0.5, 0.6) is 0 Å². The Morgan fingerprint density at radius 3 is 2.55 bits per heavy atom. The summed E-state index contributed by atoms with van der Waals surface area (Å²) in [7, 11) is -3.27. The van der Waals surface area contributed by atoms with Crippen LogP contribution in [-0.2, 0) is 9.84 Å². The van der Waals surface area contributed by atoms with E-state index in [4.69, 9.17) is 0 Å². The normalized spacial score (nSPS) is 22.1. The Bertz CT molecular complexity index is 1230. The molecule has 2 heterocycles. The molecular formula is C20H22N4O4S. The summed E-state index contributed by atoms with van der Waals surface area (Å²) in [6, 6.07) is 9.05. The van der Waals surface area contributed by atoms with E-state index in [1.54, 1.807) is 35.9 Å². The second-order valence-corrected chi connectivity index (χ2v) is 9.72. The molecule has 1 fully saturated rings. The van der Waals surface area contributed by atoms with Gasteiger partial charge in [-0.25, -0.2) is 13.4 Å². The molecule has 0 unspecified atom stereocenters. The number of hydrogen-bond donors (Lipinski definition) is 2. The fourth-order valence-electron chi connectivity index (χ4n) is 3.85. The van der Waals surface area contributed by atoms with Crippen LogP contribution in [0.4, 0.5) is 11.6 Å². The summed E-state index contributed by atoms with van der Waals surface area (Å²) in [6.45, 7) is 1.75. The fourth-order valence-corrected chi connectivity index (χ4v) is 4.48. The molecule has 0 spiro atoms. The molecule has 1 saturated carbocycles. The van der Waals surface area contributed by atoms with Gasteiger partial charge in [0.25, 0.3) is 5.56 Å². The van der Waals surface area contributed by atoms with Gasteiger partial charge in [-0.1, -0.05) is 0 Å². The molecule has 1 aliphatic carbocycles. The van der Waals surface area contributed by atoms with Gasteiger partial charge in [0.05, 0.1) is 16.5 Å². The summed E-state index contributed by atoms with van der Waals surface area (Å²) in [4.78, 5) is 21.7. The van der Waals surface area contributed by atoms with Gasteiger partial charge in [0.1, 0.15) is 5.65 Å². The maximum atomic E-state index is 12.6. The van der Waals surface area contributed by atoms with Crippen LogP contribution in [0, 0.1) is 0 Å². The van der Waals surface area contributed by atoms with Crippen molar-refractivity contribution in [1.82, 2.24) is 14.5 Å². The molecule has 2 atom stereocenters. The molecule has 1 aliphatic rings. The average molecular weight is 414 g/mol. The lowest BCUT2D eigenvalue weighted by Crippen LogP contribution is -2.37. The Morgan fingerprint density at radius 2 is 1.93 bits per heavy atom. The third kappa shape index (κ3) is 3.75. The molecule has 29 heavy (non-hydrogen) atoms. The topological polar surface area (TPSA) is 114 Å². The van der Waals surface area contributed by atoms with Crippen molar-refractivity contribution in [2.45, 2.75) is 42.7 Å². The Balaban J connectivity index is 1.74. The fraction of sp³-hybridized carbons (Fsp3) is 0.350. The summed E-state index contributed by atoms with van der Waals surface area (Å²) < 4.78 is 24.8. The standard InChI is InChI=1S/C20H22N4O4S/c1-20(26)11-3-4-16(20)24-17(25)10-5-13-12-21-19(23-18(13)24)22-14-6-8-15(9-7-14)29(2,27)28/h5-10,12,16,26H,3-4,11H2,1-2H3,(H,21,22,23)/t16-,20-/m1/s1. The molecule has 0 aliphatic heterocycles. The lowest BCUT2D eigenvalue weighted by Gasteiger charge is -2.28. The van der Waals surface area contributed by atoms with Crippen molar-refractivity contribution in [3.63, 3.8) is 0 Å². The zero-order valence-corrected chi connectivity index (χ0v) is 17.0. The van der Waals surface area contributed by atoms with E-state index in [1.807, 2.05) is 0 Å². The minimum absolute atomic E-state index is 0.216. The highest BCUT2D eigenvalue weighted by Gasteiger charge is 2.39. The number of fused-ring (bicyclic) bond motifs is 1. The molecule has 2 aromatic heterocycles. The van der Waals surface area contributed by atoms with Crippen molar-refractivity contribution in [3.8, 4) is 0 Å². The van der Waals surface area contributed by atoms with E-state index in [1.165, 1.54) is 18.2 Å². The number of pyridine rings is 1. The highest BCUT2D eigenvalue weighted by Crippen LogP contribution is 2.39. The maximum Gasteiger partial charge on any atom is 0.252 e. The van der Waals surface area contributed by atoms with Crippen LogP contribution < -0.4 is 10.9 Å². The minimum atomic E-state index is -3.27. The van der Waals surface area contributed by atoms with Gasteiger partial charge in [0.2, 0.25) is 5.95 Å². The first kappa shape index (κ1) is 19.5. The molecule has 0 radical (unpaired) electrons. The van der Waals surface area contributed by atoms with Gasteiger partial charge in [0, 0.05) is 29.6 Å². The number of aliphatic hydroxyl groups is 1. The van der Waals surface area contributed by atoms with E-state index in [9.17, 15) is 18.3 Å². The van der Waals surface area contributed by atoms with Crippen molar-refractivity contribution in [1.29, 1.82) is 0 Å². The van der Waals surface area contributed by atoms with Crippen LogP contribution in [0.25, 0.3) is 11.0 Å². The third-order valence-corrected chi connectivity index (χ3v) is 6.52. The van der Waals surface area contributed by atoms with Crippen LogP contribution in [0.1, 0.15) is 32.2 Å². The number of hydrogen-bond acceptors (Lipinski definition) is 7. The number of aromatic nitrogens is 3. The first-order chi connectivity index (χ1) is 13.6. The summed E-state index contributed by atoms with van der Waals surface area (Å²) >= 11 is 0. The molecule has 8 nitrogen and oxygen atoms in total. The number of rotatable bonds is 4. The monoisotopic (exact) mass is 414 g/mol. The Kier molecular flexibility index (Phi) is 4.66. The van der Waals surface area contributed by atoms with E-state index < -0.39 is 15.4 Å². The van der Waals surface area contributed by atoms with E-state index in [-0.39, 0.29) is 22.4 Å². The molecule has 3 aromatic rings.